The molecule has 2 heterocycles. The Morgan fingerprint density at radius 1 is 1.28 bits per heavy atom. The van der Waals surface area contributed by atoms with Crippen molar-refractivity contribution in [3.05, 3.63) is 23.2 Å². The van der Waals surface area contributed by atoms with Crippen LogP contribution in [0.1, 0.15) is 33.6 Å². The molecule has 5 nitrogen and oxygen atoms in total. The number of nitrogens with one attached hydrogen (secondary N) is 1. The Morgan fingerprint density at radius 2 is 1.96 bits per heavy atom. The van der Waals surface area contributed by atoms with Crippen LogP contribution in [-0.4, -0.2) is 34.8 Å². The number of piperidine rings is 1. The topological polar surface area (TPSA) is 62.3 Å². The number of anilines is 1. The van der Waals surface area contributed by atoms with Crippen LogP contribution in [-0.2, 0) is 9.59 Å². The summed E-state index contributed by atoms with van der Waals surface area (Å²) in [6.45, 7) is 7.02. The summed E-state index contributed by atoms with van der Waals surface area (Å²) in [6.07, 6.45) is 1.36. The highest BCUT2D eigenvalue weighted by Gasteiger charge is 2.32. The van der Waals surface area contributed by atoms with E-state index < -0.39 is 0 Å². The summed E-state index contributed by atoms with van der Waals surface area (Å²) in [4.78, 5) is 31.1. The number of amides is 2. The molecular weight excluding hydrogens is 358 g/mol. The van der Waals surface area contributed by atoms with Gasteiger partial charge in [-0.05, 0) is 25.0 Å². The van der Waals surface area contributed by atoms with Gasteiger partial charge in [0.2, 0.25) is 11.8 Å². The van der Waals surface area contributed by atoms with E-state index in [0.717, 1.165) is 10.2 Å². The minimum absolute atomic E-state index is 0.0296. The molecule has 1 aromatic carbocycles. The molecule has 134 valence electrons. The van der Waals surface area contributed by atoms with E-state index in [0.29, 0.717) is 36.1 Å². The summed E-state index contributed by atoms with van der Waals surface area (Å²) in [5, 5.41) is 4.07. The fraction of sp³-hybridized carbons (Fsp3) is 0.500. The van der Waals surface area contributed by atoms with E-state index >= 15 is 0 Å². The second kappa shape index (κ2) is 6.92. The smallest absolute Gasteiger partial charge is 0.229 e. The summed E-state index contributed by atoms with van der Waals surface area (Å²) in [5.41, 5.74) is 0.338. The molecule has 1 saturated heterocycles. The summed E-state index contributed by atoms with van der Waals surface area (Å²) in [7, 11) is 0. The van der Waals surface area contributed by atoms with Gasteiger partial charge in [0.15, 0.2) is 5.13 Å². The number of aromatic nitrogens is 1. The molecule has 1 aromatic heterocycles. The minimum atomic E-state index is -0.380. The molecule has 1 aliphatic heterocycles. The summed E-state index contributed by atoms with van der Waals surface area (Å²) in [5.74, 6) is 0.0247. The Balaban J connectivity index is 1.61. The molecule has 0 atom stereocenters. The van der Waals surface area contributed by atoms with Crippen LogP contribution in [0.4, 0.5) is 5.13 Å². The molecule has 1 aliphatic rings. The van der Waals surface area contributed by atoms with E-state index in [2.05, 4.69) is 10.3 Å². The number of nitrogens with zero attached hydrogens (tertiary/aromatic N) is 2. The SMILES string of the molecule is CC(C)(C)C(=O)N1CCC(C(=O)Nc2nc3c(Cl)cccc3s2)CC1. The van der Waals surface area contributed by atoms with E-state index in [-0.39, 0.29) is 23.1 Å². The van der Waals surface area contributed by atoms with E-state index in [1.807, 2.05) is 37.8 Å². The number of thiazole rings is 1. The van der Waals surface area contributed by atoms with E-state index in [4.69, 9.17) is 11.6 Å². The van der Waals surface area contributed by atoms with Crippen molar-refractivity contribution in [3.8, 4) is 0 Å². The van der Waals surface area contributed by atoms with Gasteiger partial charge in [-0.15, -0.1) is 0 Å². The first-order valence-corrected chi connectivity index (χ1v) is 9.60. The van der Waals surface area contributed by atoms with Gasteiger partial charge in [-0.3, -0.25) is 9.59 Å². The predicted octanol–water partition coefficient (Wildman–Crippen LogP) is 4.17. The van der Waals surface area contributed by atoms with Crippen molar-refractivity contribution < 1.29 is 9.59 Å². The number of para-hydroxylation sites is 1. The number of carbonyl (C=O) groups excluding carboxylic acids is 2. The molecule has 0 radical (unpaired) electrons. The first kappa shape index (κ1) is 18.1. The van der Waals surface area contributed by atoms with E-state index in [9.17, 15) is 9.59 Å². The maximum atomic E-state index is 12.5. The molecule has 25 heavy (non-hydrogen) atoms. The number of halogens is 1. The van der Waals surface area contributed by atoms with Gasteiger partial charge in [0.05, 0.1) is 9.72 Å². The molecule has 2 aromatic rings. The fourth-order valence-corrected chi connectivity index (χ4v) is 4.16. The Labute approximate surface area is 156 Å². The van der Waals surface area contributed by atoms with Crippen LogP contribution >= 0.6 is 22.9 Å². The zero-order chi connectivity index (χ0) is 18.2. The van der Waals surface area contributed by atoms with E-state index in [1.54, 1.807) is 6.07 Å². The predicted molar refractivity (Wildman–Crippen MR) is 102 cm³/mol. The highest BCUT2D eigenvalue weighted by atomic mass is 35.5. The molecule has 0 aliphatic carbocycles. The minimum Gasteiger partial charge on any atom is -0.342 e. The maximum absolute atomic E-state index is 12.5. The van der Waals surface area contributed by atoms with Crippen LogP contribution in [0.5, 0.6) is 0 Å². The summed E-state index contributed by atoms with van der Waals surface area (Å²) < 4.78 is 0.952. The largest absolute Gasteiger partial charge is 0.342 e. The zero-order valence-electron chi connectivity index (χ0n) is 14.6. The van der Waals surface area contributed by atoms with Gasteiger partial charge in [0.25, 0.3) is 0 Å². The standard InChI is InChI=1S/C18H22ClN3O2S/c1-18(2,3)16(24)22-9-7-11(8-10-22)15(23)21-17-20-14-12(19)5-4-6-13(14)25-17/h4-6,11H,7-10H2,1-3H3,(H,20,21,23). The average molecular weight is 380 g/mol. The second-order valence-corrected chi connectivity index (χ2v) is 8.85. The van der Waals surface area contributed by atoms with Gasteiger partial charge in [0.1, 0.15) is 5.52 Å². The Morgan fingerprint density at radius 3 is 2.56 bits per heavy atom. The third-order valence-corrected chi connectivity index (χ3v) is 5.64. The highest BCUT2D eigenvalue weighted by Crippen LogP contribution is 2.31. The Bertz CT molecular complexity index is 804. The molecule has 0 spiro atoms. The number of hydrogen-bond acceptors (Lipinski definition) is 4. The molecular formula is C18H22ClN3O2S. The normalized spacial score (nSPS) is 16.2. The van der Waals surface area contributed by atoms with Crippen molar-refractivity contribution in [1.29, 1.82) is 0 Å². The van der Waals surface area contributed by atoms with Crippen molar-refractivity contribution in [2.45, 2.75) is 33.6 Å². The third kappa shape index (κ3) is 3.96. The fourth-order valence-electron chi connectivity index (χ4n) is 2.99. The number of carbonyl (C=O) groups is 2. The van der Waals surface area contributed by atoms with Crippen LogP contribution in [0.25, 0.3) is 10.2 Å². The lowest BCUT2D eigenvalue weighted by molar-refractivity contribution is -0.142. The third-order valence-electron chi connectivity index (χ3n) is 4.39. The number of hydrogen-bond donors (Lipinski definition) is 1. The van der Waals surface area contributed by atoms with Crippen molar-refractivity contribution in [2.24, 2.45) is 11.3 Å². The molecule has 7 heteroatoms. The maximum Gasteiger partial charge on any atom is 0.229 e. The van der Waals surface area contributed by atoms with E-state index in [1.165, 1.54) is 11.3 Å². The average Bonchev–Trinajstić information content (AvgIpc) is 2.97. The molecule has 0 bridgehead atoms. The first-order chi connectivity index (χ1) is 11.8. The van der Waals surface area contributed by atoms with Crippen molar-refractivity contribution in [1.82, 2.24) is 9.88 Å². The van der Waals surface area contributed by atoms with Gasteiger partial charge in [-0.2, -0.15) is 0 Å². The van der Waals surface area contributed by atoms with Gasteiger partial charge in [0, 0.05) is 24.4 Å². The highest BCUT2D eigenvalue weighted by molar-refractivity contribution is 7.22. The number of benzene rings is 1. The monoisotopic (exact) mass is 379 g/mol. The summed E-state index contributed by atoms with van der Waals surface area (Å²) in [6, 6.07) is 5.60. The second-order valence-electron chi connectivity index (χ2n) is 7.41. The molecule has 1 N–H and O–H groups in total. The van der Waals surface area contributed by atoms with Crippen LogP contribution in [0.2, 0.25) is 5.02 Å². The molecule has 1 fully saturated rings. The van der Waals surface area contributed by atoms with Gasteiger partial charge >= 0.3 is 0 Å². The van der Waals surface area contributed by atoms with Crippen molar-refractivity contribution >= 4 is 50.1 Å². The lowest BCUT2D eigenvalue weighted by Crippen LogP contribution is -2.45. The Kier molecular flexibility index (Phi) is 5.02. The quantitative estimate of drug-likeness (QED) is 0.851. The number of rotatable bonds is 2. The van der Waals surface area contributed by atoms with Crippen LogP contribution in [0, 0.1) is 11.3 Å². The van der Waals surface area contributed by atoms with Gasteiger partial charge < -0.3 is 10.2 Å². The van der Waals surface area contributed by atoms with Crippen molar-refractivity contribution in [3.63, 3.8) is 0 Å². The lowest BCUT2D eigenvalue weighted by Gasteiger charge is -2.35. The molecule has 2 amide bonds. The number of likely N-dealkylation sites (tertiary alicyclic amines) is 1. The molecule has 3 rings (SSSR count). The van der Waals surface area contributed by atoms with Gasteiger partial charge in [-0.1, -0.05) is 49.8 Å². The lowest BCUT2D eigenvalue weighted by atomic mass is 9.91. The number of fused-ring (bicyclic) bond motifs is 1. The van der Waals surface area contributed by atoms with Crippen LogP contribution in [0.3, 0.4) is 0 Å². The zero-order valence-corrected chi connectivity index (χ0v) is 16.2. The van der Waals surface area contributed by atoms with Crippen molar-refractivity contribution in [2.75, 3.05) is 18.4 Å². The van der Waals surface area contributed by atoms with Gasteiger partial charge in [-0.25, -0.2) is 4.98 Å². The molecule has 0 unspecified atom stereocenters. The molecule has 0 saturated carbocycles. The first-order valence-electron chi connectivity index (χ1n) is 8.41. The summed E-state index contributed by atoms with van der Waals surface area (Å²) >= 11 is 7.55. The Hall–Kier alpha value is -1.66. The van der Waals surface area contributed by atoms with Crippen LogP contribution < -0.4 is 5.32 Å². The van der Waals surface area contributed by atoms with Crippen LogP contribution in [0.15, 0.2) is 18.2 Å².